The Morgan fingerprint density at radius 2 is 2.04 bits per heavy atom. The highest BCUT2D eigenvalue weighted by molar-refractivity contribution is 5.98. The van der Waals surface area contributed by atoms with Crippen molar-refractivity contribution < 1.29 is 14.3 Å². The lowest BCUT2D eigenvalue weighted by Crippen LogP contribution is -2.37. The first-order valence-electron chi connectivity index (χ1n) is 9.94. The average molecular weight is 378 g/mol. The number of anilines is 2. The van der Waals surface area contributed by atoms with Gasteiger partial charge < -0.3 is 15.0 Å². The van der Waals surface area contributed by atoms with Gasteiger partial charge in [-0.3, -0.25) is 9.59 Å². The molecule has 0 bridgehead atoms. The molecule has 0 saturated heterocycles. The summed E-state index contributed by atoms with van der Waals surface area (Å²) in [5.41, 5.74) is 4.08. The third-order valence-electron chi connectivity index (χ3n) is 5.96. The van der Waals surface area contributed by atoms with Gasteiger partial charge in [-0.05, 0) is 48.4 Å². The van der Waals surface area contributed by atoms with Gasteiger partial charge in [0.05, 0.1) is 12.8 Å². The van der Waals surface area contributed by atoms with Crippen molar-refractivity contribution in [1.29, 1.82) is 0 Å². The second-order valence-electron chi connectivity index (χ2n) is 7.72. The molecule has 4 rings (SSSR count). The molecular formula is C23H26N2O3. The number of carbonyl (C=O) groups excluding carboxylic acids is 2. The highest BCUT2D eigenvalue weighted by Gasteiger charge is 2.31. The zero-order valence-corrected chi connectivity index (χ0v) is 16.4. The Morgan fingerprint density at radius 3 is 2.86 bits per heavy atom. The van der Waals surface area contributed by atoms with Gasteiger partial charge in [-0.2, -0.15) is 0 Å². The van der Waals surface area contributed by atoms with Crippen LogP contribution in [0.3, 0.4) is 0 Å². The summed E-state index contributed by atoms with van der Waals surface area (Å²) in [6.45, 7) is 2.87. The summed E-state index contributed by atoms with van der Waals surface area (Å²) in [5, 5.41) is 2.97. The molecular weight excluding hydrogens is 352 g/mol. The number of fused-ring (bicyclic) bond motifs is 2. The SMILES string of the molecule is COc1cccc2c1N(C(=O)CC[C@H]1Cc3ccccc3NC1=O)CC[C@@H]2C. The van der Waals surface area contributed by atoms with E-state index in [1.165, 1.54) is 0 Å². The van der Waals surface area contributed by atoms with Crippen molar-refractivity contribution in [2.45, 2.75) is 38.5 Å². The van der Waals surface area contributed by atoms with Gasteiger partial charge in [0.2, 0.25) is 11.8 Å². The Kier molecular flexibility index (Phi) is 5.07. The number of rotatable bonds is 4. The summed E-state index contributed by atoms with van der Waals surface area (Å²) < 4.78 is 5.53. The van der Waals surface area contributed by atoms with Gasteiger partial charge in [-0.1, -0.05) is 37.3 Å². The molecule has 0 radical (unpaired) electrons. The normalized spacial score (nSPS) is 20.8. The molecule has 1 N–H and O–H groups in total. The van der Waals surface area contributed by atoms with E-state index >= 15 is 0 Å². The van der Waals surface area contributed by atoms with Crippen LogP contribution in [0.5, 0.6) is 5.75 Å². The Morgan fingerprint density at radius 1 is 1.21 bits per heavy atom. The van der Waals surface area contributed by atoms with Crippen LogP contribution in [0.4, 0.5) is 11.4 Å². The van der Waals surface area contributed by atoms with Crippen LogP contribution in [-0.2, 0) is 16.0 Å². The van der Waals surface area contributed by atoms with E-state index in [1.807, 2.05) is 41.3 Å². The van der Waals surface area contributed by atoms with Gasteiger partial charge in [0.15, 0.2) is 0 Å². The molecule has 28 heavy (non-hydrogen) atoms. The molecule has 5 nitrogen and oxygen atoms in total. The van der Waals surface area contributed by atoms with E-state index in [2.05, 4.69) is 18.3 Å². The molecule has 2 heterocycles. The summed E-state index contributed by atoms with van der Waals surface area (Å²) in [6.07, 6.45) is 2.52. The molecule has 0 spiro atoms. The summed E-state index contributed by atoms with van der Waals surface area (Å²) >= 11 is 0. The lowest BCUT2D eigenvalue weighted by Gasteiger charge is -2.34. The smallest absolute Gasteiger partial charge is 0.227 e. The van der Waals surface area contributed by atoms with Crippen LogP contribution in [0, 0.1) is 5.92 Å². The first kappa shape index (κ1) is 18.5. The molecule has 146 valence electrons. The van der Waals surface area contributed by atoms with E-state index in [4.69, 9.17) is 4.74 Å². The number of nitrogens with one attached hydrogen (secondary N) is 1. The van der Waals surface area contributed by atoms with E-state index in [1.54, 1.807) is 7.11 Å². The molecule has 0 fully saturated rings. The van der Waals surface area contributed by atoms with Crippen LogP contribution in [-0.4, -0.2) is 25.5 Å². The maximum absolute atomic E-state index is 13.1. The van der Waals surface area contributed by atoms with Crippen LogP contribution in [0.2, 0.25) is 0 Å². The highest BCUT2D eigenvalue weighted by atomic mass is 16.5. The van der Waals surface area contributed by atoms with Gasteiger partial charge in [0.25, 0.3) is 0 Å². The van der Waals surface area contributed by atoms with Crippen molar-refractivity contribution in [1.82, 2.24) is 0 Å². The first-order valence-corrected chi connectivity index (χ1v) is 9.94. The Balaban J connectivity index is 1.48. The number of hydrogen-bond donors (Lipinski definition) is 1. The van der Waals surface area contributed by atoms with E-state index < -0.39 is 0 Å². The number of carbonyl (C=O) groups is 2. The van der Waals surface area contributed by atoms with Crippen LogP contribution < -0.4 is 15.0 Å². The second kappa shape index (κ2) is 7.66. The fourth-order valence-electron chi connectivity index (χ4n) is 4.31. The topological polar surface area (TPSA) is 58.6 Å². The number of benzene rings is 2. The van der Waals surface area contributed by atoms with Crippen molar-refractivity contribution in [3.05, 3.63) is 53.6 Å². The largest absolute Gasteiger partial charge is 0.495 e. The lowest BCUT2D eigenvalue weighted by atomic mass is 9.88. The molecule has 5 heteroatoms. The maximum atomic E-state index is 13.1. The van der Waals surface area contributed by atoms with Gasteiger partial charge in [0, 0.05) is 24.6 Å². The number of nitrogens with zero attached hydrogens (tertiary/aromatic N) is 1. The molecule has 2 aromatic carbocycles. The first-order chi connectivity index (χ1) is 13.6. The molecule has 2 aromatic rings. The minimum Gasteiger partial charge on any atom is -0.495 e. The third kappa shape index (κ3) is 3.37. The fraction of sp³-hybridized carbons (Fsp3) is 0.391. The van der Waals surface area contributed by atoms with E-state index in [0.29, 0.717) is 31.7 Å². The van der Waals surface area contributed by atoms with Crippen molar-refractivity contribution in [2.24, 2.45) is 5.92 Å². The number of ether oxygens (including phenoxy) is 1. The van der Waals surface area contributed by atoms with E-state index in [0.717, 1.165) is 34.7 Å². The number of methoxy groups -OCH3 is 1. The molecule has 0 aromatic heterocycles. The molecule has 2 atom stereocenters. The number of para-hydroxylation sites is 2. The molecule has 2 amide bonds. The van der Waals surface area contributed by atoms with Gasteiger partial charge >= 0.3 is 0 Å². The molecule has 0 aliphatic carbocycles. The summed E-state index contributed by atoms with van der Waals surface area (Å²) in [7, 11) is 1.64. The monoisotopic (exact) mass is 378 g/mol. The zero-order chi connectivity index (χ0) is 19.7. The number of hydrogen-bond acceptors (Lipinski definition) is 3. The summed E-state index contributed by atoms with van der Waals surface area (Å²) in [5.74, 6) is 1.04. The van der Waals surface area contributed by atoms with Gasteiger partial charge in [0.1, 0.15) is 5.75 Å². The average Bonchev–Trinajstić information content (AvgIpc) is 2.72. The van der Waals surface area contributed by atoms with Crippen molar-refractivity contribution in [2.75, 3.05) is 23.9 Å². The van der Waals surface area contributed by atoms with Crippen molar-refractivity contribution >= 4 is 23.2 Å². The third-order valence-corrected chi connectivity index (χ3v) is 5.96. The Hall–Kier alpha value is -2.82. The molecule has 0 unspecified atom stereocenters. The number of amides is 2. The van der Waals surface area contributed by atoms with Crippen molar-refractivity contribution in [3.8, 4) is 5.75 Å². The predicted octanol–water partition coefficient (Wildman–Crippen LogP) is 4.13. The second-order valence-corrected chi connectivity index (χ2v) is 7.72. The van der Waals surface area contributed by atoms with E-state index in [9.17, 15) is 9.59 Å². The zero-order valence-electron chi connectivity index (χ0n) is 16.4. The van der Waals surface area contributed by atoms with Crippen LogP contribution in [0.15, 0.2) is 42.5 Å². The predicted molar refractivity (Wildman–Crippen MR) is 110 cm³/mol. The molecule has 0 saturated carbocycles. The van der Waals surface area contributed by atoms with Crippen molar-refractivity contribution in [3.63, 3.8) is 0 Å². The highest BCUT2D eigenvalue weighted by Crippen LogP contribution is 2.41. The summed E-state index contributed by atoms with van der Waals surface area (Å²) in [4.78, 5) is 27.4. The van der Waals surface area contributed by atoms with Gasteiger partial charge in [-0.15, -0.1) is 0 Å². The van der Waals surface area contributed by atoms with Crippen LogP contribution >= 0.6 is 0 Å². The Bertz CT molecular complexity index is 908. The molecule has 2 aliphatic rings. The van der Waals surface area contributed by atoms with E-state index in [-0.39, 0.29) is 17.7 Å². The minimum absolute atomic E-state index is 0.0109. The van der Waals surface area contributed by atoms with Gasteiger partial charge in [-0.25, -0.2) is 0 Å². The fourth-order valence-corrected chi connectivity index (χ4v) is 4.31. The maximum Gasteiger partial charge on any atom is 0.227 e. The summed E-state index contributed by atoms with van der Waals surface area (Å²) in [6, 6.07) is 13.8. The Labute approximate surface area is 165 Å². The van der Waals surface area contributed by atoms with Crippen LogP contribution in [0.1, 0.15) is 43.2 Å². The lowest BCUT2D eigenvalue weighted by molar-refractivity contribution is -0.121. The minimum atomic E-state index is -0.167. The molecule has 2 aliphatic heterocycles. The quantitative estimate of drug-likeness (QED) is 0.870. The standard InChI is InChI=1S/C23H26N2O3/c1-15-12-13-25(22-18(15)7-5-9-20(22)28-2)21(26)11-10-17-14-16-6-3-4-8-19(16)24-23(17)27/h3-9,15,17H,10-14H2,1-2H3,(H,24,27)/t15-,17-/m0/s1. The van der Waals surface area contributed by atoms with Crippen LogP contribution in [0.25, 0.3) is 0 Å².